The molecule has 0 unspecified atom stereocenters. The zero-order valence-corrected chi connectivity index (χ0v) is 20.9. The molecule has 5 rings (SSSR count). The first-order chi connectivity index (χ1) is 18.2. The van der Waals surface area contributed by atoms with Gasteiger partial charge in [-0.3, -0.25) is 5.10 Å². The third kappa shape index (κ3) is 5.72. The lowest BCUT2D eigenvalue weighted by Crippen LogP contribution is -2.20. The molecule has 12 heteroatoms. The third-order valence-corrected chi connectivity index (χ3v) is 6.64. The van der Waals surface area contributed by atoms with Crippen LogP contribution in [0.5, 0.6) is 0 Å². The van der Waals surface area contributed by atoms with E-state index in [0.29, 0.717) is 29.1 Å². The van der Waals surface area contributed by atoms with Crippen LogP contribution in [0.2, 0.25) is 5.02 Å². The zero-order valence-electron chi connectivity index (χ0n) is 20.2. The first-order valence-corrected chi connectivity index (χ1v) is 12.2. The van der Waals surface area contributed by atoms with Crippen molar-refractivity contribution in [1.29, 1.82) is 0 Å². The summed E-state index contributed by atoms with van der Waals surface area (Å²) in [6.45, 7) is 1.84. The molecule has 0 aliphatic heterocycles. The summed E-state index contributed by atoms with van der Waals surface area (Å²) in [6.07, 6.45) is 0.594. The Morgan fingerprint density at radius 2 is 1.76 bits per heavy atom. The number of carbonyl (C=O) groups is 1. The van der Waals surface area contributed by atoms with Crippen LogP contribution in [0.4, 0.5) is 41.0 Å². The topological polar surface area (TPSA) is 108 Å². The number of nitrogens with zero attached hydrogens (tertiary/aromatic N) is 3. The van der Waals surface area contributed by atoms with Crippen LogP contribution in [-0.4, -0.2) is 26.2 Å². The van der Waals surface area contributed by atoms with E-state index in [1.54, 1.807) is 30.5 Å². The monoisotopic (exact) mass is 541 g/mol. The van der Waals surface area contributed by atoms with Crippen molar-refractivity contribution < 1.29 is 18.0 Å². The average molecular weight is 542 g/mol. The molecule has 0 radical (unpaired) electrons. The van der Waals surface area contributed by atoms with Crippen LogP contribution in [0, 0.1) is 6.92 Å². The minimum absolute atomic E-state index is 0.0398. The number of hydrogen-bond donors (Lipinski definition) is 4. The molecule has 1 aliphatic carbocycles. The van der Waals surface area contributed by atoms with Crippen molar-refractivity contribution in [3.05, 3.63) is 76.6 Å². The van der Waals surface area contributed by atoms with Crippen molar-refractivity contribution >= 4 is 40.6 Å². The van der Waals surface area contributed by atoms with E-state index >= 15 is 0 Å². The Morgan fingerprint density at radius 3 is 2.45 bits per heavy atom. The molecule has 38 heavy (non-hydrogen) atoms. The highest BCUT2D eigenvalue weighted by atomic mass is 35.5. The Kier molecular flexibility index (Phi) is 6.94. The summed E-state index contributed by atoms with van der Waals surface area (Å²) in [7, 11) is 0. The van der Waals surface area contributed by atoms with Crippen molar-refractivity contribution in [3.8, 4) is 11.4 Å². The van der Waals surface area contributed by atoms with Gasteiger partial charge in [-0.1, -0.05) is 18.0 Å². The minimum atomic E-state index is -4.63. The quantitative estimate of drug-likeness (QED) is 0.202. The number of urea groups is 1. The van der Waals surface area contributed by atoms with Gasteiger partial charge >= 0.3 is 12.2 Å². The molecule has 1 saturated carbocycles. The highest BCUT2D eigenvalue weighted by Crippen LogP contribution is 2.37. The lowest BCUT2D eigenvalue weighted by molar-refractivity contribution is -0.137. The first-order valence-electron chi connectivity index (χ1n) is 11.9. The fourth-order valence-corrected chi connectivity index (χ4v) is 4.35. The largest absolute Gasteiger partial charge is 0.417 e. The Bertz CT molecular complexity index is 1480. The molecule has 0 saturated heterocycles. The van der Waals surface area contributed by atoms with Crippen molar-refractivity contribution in [3.63, 3.8) is 0 Å². The van der Waals surface area contributed by atoms with Gasteiger partial charge < -0.3 is 16.0 Å². The van der Waals surface area contributed by atoms with Gasteiger partial charge in [-0.25, -0.2) is 14.8 Å². The van der Waals surface area contributed by atoms with Crippen LogP contribution >= 0.6 is 11.6 Å². The standard InChI is InChI=1S/C26H23ClF3N7O/c1-14-11-16(32-25(38)33-17-6-8-20(27)19(12-17)26(28,29)30)5-7-18(14)24-31-10-9-22(35-24)34-23-13-21(36-37-23)15-3-2-4-15/h5-13,15H,2-4H2,1H3,(H2,32,33,38)(H2,31,34,35,36,37). The van der Waals surface area contributed by atoms with Gasteiger partial charge in [0.25, 0.3) is 0 Å². The summed E-state index contributed by atoms with van der Waals surface area (Å²) < 4.78 is 39.3. The molecule has 196 valence electrons. The Labute approximate surface area is 221 Å². The predicted molar refractivity (Wildman–Crippen MR) is 140 cm³/mol. The minimum Gasteiger partial charge on any atom is -0.323 e. The normalized spacial score (nSPS) is 13.6. The Morgan fingerprint density at radius 1 is 1.03 bits per heavy atom. The Balaban J connectivity index is 1.25. The van der Waals surface area contributed by atoms with Crippen LogP contribution in [0.25, 0.3) is 11.4 Å². The fourth-order valence-electron chi connectivity index (χ4n) is 4.12. The number of anilines is 4. The van der Waals surface area contributed by atoms with Crippen LogP contribution in [0.15, 0.2) is 54.7 Å². The van der Waals surface area contributed by atoms with Crippen LogP contribution in [-0.2, 0) is 6.18 Å². The number of nitrogens with one attached hydrogen (secondary N) is 4. The molecule has 8 nitrogen and oxygen atoms in total. The van der Waals surface area contributed by atoms with Gasteiger partial charge in [-0.05, 0) is 67.8 Å². The molecule has 1 fully saturated rings. The predicted octanol–water partition coefficient (Wildman–Crippen LogP) is 7.50. The summed E-state index contributed by atoms with van der Waals surface area (Å²) >= 11 is 5.63. The Hall–Kier alpha value is -4.12. The van der Waals surface area contributed by atoms with Gasteiger partial charge in [0.1, 0.15) is 5.82 Å². The number of H-pyrrole nitrogens is 1. The number of alkyl halides is 3. The van der Waals surface area contributed by atoms with Crippen molar-refractivity contribution in [1.82, 2.24) is 20.2 Å². The molecular weight excluding hydrogens is 519 g/mol. The van der Waals surface area contributed by atoms with E-state index in [9.17, 15) is 18.0 Å². The molecule has 0 spiro atoms. The van der Waals surface area contributed by atoms with E-state index in [2.05, 4.69) is 36.1 Å². The number of aromatic nitrogens is 4. The summed E-state index contributed by atoms with van der Waals surface area (Å²) in [6, 6.07) is 11.3. The molecule has 1 aliphatic rings. The number of benzene rings is 2. The molecule has 0 atom stereocenters. The molecule has 2 aromatic carbocycles. The maximum Gasteiger partial charge on any atom is 0.417 e. The van der Waals surface area contributed by atoms with Gasteiger partial charge in [-0.15, -0.1) is 0 Å². The summed E-state index contributed by atoms with van der Waals surface area (Å²) in [5, 5.41) is 15.2. The molecule has 4 N–H and O–H groups in total. The number of rotatable bonds is 6. The van der Waals surface area contributed by atoms with E-state index in [1.807, 2.05) is 13.0 Å². The number of hydrogen-bond acceptors (Lipinski definition) is 5. The van der Waals surface area contributed by atoms with Crippen LogP contribution in [0.1, 0.15) is 42.0 Å². The number of halogens is 4. The zero-order chi connectivity index (χ0) is 26.9. The number of carbonyl (C=O) groups excluding carboxylic acids is 1. The molecule has 2 aromatic heterocycles. The molecular formula is C26H23ClF3N7O. The SMILES string of the molecule is Cc1cc(NC(=O)Nc2ccc(Cl)c(C(F)(F)F)c2)ccc1-c1nccc(Nc2cc(C3CCC3)[nH]n2)n1. The summed E-state index contributed by atoms with van der Waals surface area (Å²) in [5.41, 5.74) is 2.04. The fraction of sp³-hybridized carbons (Fsp3) is 0.231. The van der Waals surface area contributed by atoms with E-state index in [4.69, 9.17) is 11.6 Å². The number of aromatic amines is 1. The average Bonchev–Trinajstić information content (AvgIpc) is 3.26. The second-order valence-corrected chi connectivity index (χ2v) is 9.44. The van der Waals surface area contributed by atoms with Gasteiger partial charge in [0.05, 0.1) is 10.6 Å². The highest BCUT2D eigenvalue weighted by molar-refractivity contribution is 6.31. The van der Waals surface area contributed by atoms with Gasteiger partial charge in [0.15, 0.2) is 11.6 Å². The second kappa shape index (κ2) is 10.3. The molecule has 0 bridgehead atoms. The van der Waals surface area contributed by atoms with E-state index in [1.165, 1.54) is 25.3 Å². The van der Waals surface area contributed by atoms with Crippen LogP contribution in [0.3, 0.4) is 0 Å². The molecule has 2 heterocycles. The van der Waals surface area contributed by atoms with Crippen molar-refractivity contribution in [2.75, 3.05) is 16.0 Å². The lowest BCUT2D eigenvalue weighted by Gasteiger charge is -2.23. The van der Waals surface area contributed by atoms with E-state index in [0.717, 1.165) is 29.0 Å². The van der Waals surface area contributed by atoms with Gasteiger partial charge in [0, 0.05) is 40.8 Å². The van der Waals surface area contributed by atoms with E-state index in [-0.39, 0.29) is 5.69 Å². The number of amides is 2. The number of aryl methyl sites for hydroxylation is 1. The lowest BCUT2D eigenvalue weighted by atomic mass is 9.83. The van der Waals surface area contributed by atoms with Crippen molar-refractivity contribution in [2.24, 2.45) is 0 Å². The van der Waals surface area contributed by atoms with Gasteiger partial charge in [-0.2, -0.15) is 18.3 Å². The van der Waals surface area contributed by atoms with Crippen molar-refractivity contribution in [2.45, 2.75) is 38.3 Å². The molecule has 2 amide bonds. The van der Waals surface area contributed by atoms with Crippen LogP contribution < -0.4 is 16.0 Å². The van der Waals surface area contributed by atoms with E-state index < -0.39 is 22.8 Å². The third-order valence-electron chi connectivity index (χ3n) is 6.31. The summed E-state index contributed by atoms with van der Waals surface area (Å²) in [5.74, 6) is 2.30. The summed E-state index contributed by atoms with van der Waals surface area (Å²) in [4.78, 5) is 21.4. The maximum absolute atomic E-state index is 13.1. The first kappa shape index (κ1) is 25.5. The smallest absolute Gasteiger partial charge is 0.323 e. The molecule has 4 aromatic rings. The maximum atomic E-state index is 13.1. The highest BCUT2D eigenvalue weighted by Gasteiger charge is 2.33. The second-order valence-electron chi connectivity index (χ2n) is 9.03. The van der Waals surface area contributed by atoms with Gasteiger partial charge in [0.2, 0.25) is 0 Å².